The molecule has 0 bridgehead atoms. The van der Waals surface area contributed by atoms with Crippen molar-refractivity contribution >= 4 is 32.2 Å². The van der Waals surface area contributed by atoms with Gasteiger partial charge in [0.1, 0.15) is 0 Å². The van der Waals surface area contributed by atoms with E-state index in [0.717, 1.165) is 0 Å². The van der Waals surface area contributed by atoms with Gasteiger partial charge in [-0.05, 0) is 11.8 Å². The zero-order valence-corrected chi connectivity index (χ0v) is 31.7. The number of hydrogen-bond acceptors (Lipinski definition) is 0. The second kappa shape index (κ2) is 16.4. The Morgan fingerprint density at radius 2 is 0.951 bits per heavy atom. The predicted molar refractivity (Wildman–Crippen MR) is 173 cm³/mol. The minimum absolute atomic E-state index is 0. The Morgan fingerprint density at radius 1 is 0.585 bits per heavy atom. The maximum Gasteiger partial charge on any atom is -0.0308 e. The minimum Gasteiger partial charge on any atom is -1.00 e. The van der Waals surface area contributed by atoms with Crippen molar-refractivity contribution in [3.05, 3.63) is 111 Å². The maximum absolute atomic E-state index is 2.35. The molecule has 0 N–H and O–H groups in total. The van der Waals surface area contributed by atoms with Gasteiger partial charge in [0.05, 0.1) is 0 Å². The van der Waals surface area contributed by atoms with Crippen LogP contribution in [-0.4, -0.2) is 5.43 Å². The molecule has 0 nitrogen and oxygen atoms in total. The smallest absolute Gasteiger partial charge is 0.0308 e. The van der Waals surface area contributed by atoms with Crippen LogP contribution in [0.4, 0.5) is 0 Å². The molecule has 0 unspecified atom stereocenters. The van der Waals surface area contributed by atoms with Gasteiger partial charge >= 0.3 is 70.8 Å². The Morgan fingerprint density at radius 3 is 1.24 bits per heavy atom. The fraction of sp³-hybridized carbons (Fsp3) is 0.351. The third kappa shape index (κ3) is 8.79. The molecule has 218 valence electrons. The van der Waals surface area contributed by atoms with Crippen molar-refractivity contribution in [1.82, 2.24) is 0 Å². The molecule has 5 aromatic carbocycles. The van der Waals surface area contributed by atoms with Gasteiger partial charge in [0, 0.05) is 0 Å². The first-order valence-corrected chi connectivity index (χ1v) is 20.0. The maximum atomic E-state index is 2.35. The van der Waals surface area contributed by atoms with Crippen molar-refractivity contribution in [2.24, 2.45) is 0 Å². The molecular formula is C37H46Cl2SiZr-2. The summed E-state index contributed by atoms with van der Waals surface area (Å²) in [5.41, 5.74) is 11.4. The van der Waals surface area contributed by atoms with E-state index in [1.807, 2.05) is 0 Å². The van der Waals surface area contributed by atoms with Crippen LogP contribution in [0.1, 0.15) is 84.0 Å². The summed E-state index contributed by atoms with van der Waals surface area (Å²) in [6.45, 7) is 24.7. The average molecular weight is 681 g/mol. The van der Waals surface area contributed by atoms with E-state index in [4.69, 9.17) is 0 Å². The molecule has 0 aliphatic carbocycles. The van der Waals surface area contributed by atoms with Gasteiger partial charge in [0.2, 0.25) is 0 Å². The zero-order chi connectivity index (χ0) is 29.0. The van der Waals surface area contributed by atoms with Gasteiger partial charge in [-0.25, -0.2) is 0 Å². The number of fused-ring (bicyclic) bond motifs is 2. The fourth-order valence-electron chi connectivity index (χ4n) is 5.38. The summed E-state index contributed by atoms with van der Waals surface area (Å²) < 4.78 is 0. The van der Waals surface area contributed by atoms with Crippen molar-refractivity contribution in [3.63, 3.8) is 0 Å². The molecule has 0 aliphatic rings. The van der Waals surface area contributed by atoms with E-state index < -0.39 is 0 Å². The van der Waals surface area contributed by atoms with Crippen molar-refractivity contribution < 1.29 is 48.1 Å². The zero-order valence-electron chi connectivity index (χ0n) is 26.8. The average Bonchev–Trinajstić information content (AvgIpc) is 3.37. The van der Waals surface area contributed by atoms with Crippen LogP contribution in [0.25, 0.3) is 21.5 Å². The molecule has 0 amide bonds. The summed E-state index contributed by atoms with van der Waals surface area (Å²) in [6, 6.07) is 24.5. The molecule has 0 aromatic heterocycles. The van der Waals surface area contributed by atoms with Crippen LogP contribution in [-0.2, 0) is 23.3 Å². The predicted octanol–water partition coefficient (Wildman–Crippen LogP) is 4.28. The molecule has 0 saturated heterocycles. The Hall–Kier alpha value is -1.44. The number of hydrogen-bond donors (Lipinski definition) is 0. The Balaban J connectivity index is 0.000000310. The summed E-state index contributed by atoms with van der Waals surface area (Å²) >= 11 is 1.69. The van der Waals surface area contributed by atoms with Gasteiger partial charge in [0.25, 0.3) is 0 Å². The summed E-state index contributed by atoms with van der Waals surface area (Å²) in [5.74, 6) is 1.21. The Kier molecular flexibility index (Phi) is 15.1. The SMILES string of the molecule is C[Si](=[Zr+2])c1ccccc1.Cc1[cH-]c2c(C)ccc(C(C)C)c2c1C.Cc1[cH-]c2c(C)ccc(C(C)C)c2c1C.[Cl-].[Cl-]. The van der Waals surface area contributed by atoms with Gasteiger partial charge in [-0.3, -0.25) is 0 Å². The summed E-state index contributed by atoms with van der Waals surface area (Å²) in [7, 11) is 0. The van der Waals surface area contributed by atoms with Crippen LogP contribution in [0.15, 0.2) is 66.7 Å². The topological polar surface area (TPSA) is 0 Å². The molecule has 0 spiro atoms. The molecule has 41 heavy (non-hydrogen) atoms. The minimum atomic E-state index is -0.122. The second-order valence-corrected chi connectivity index (χ2v) is 19.1. The van der Waals surface area contributed by atoms with Gasteiger partial charge < -0.3 is 24.8 Å². The summed E-state index contributed by atoms with van der Waals surface area (Å²) in [6.07, 6.45) is 0. The van der Waals surface area contributed by atoms with E-state index in [9.17, 15) is 0 Å². The first-order chi connectivity index (χ1) is 18.3. The van der Waals surface area contributed by atoms with Gasteiger partial charge in [-0.2, -0.15) is 11.1 Å². The van der Waals surface area contributed by atoms with Crippen LogP contribution < -0.4 is 30.0 Å². The van der Waals surface area contributed by atoms with Gasteiger partial charge in [-0.1, -0.05) is 92.5 Å². The largest absolute Gasteiger partial charge is 1.00 e. The van der Waals surface area contributed by atoms with Crippen molar-refractivity contribution in [2.75, 3.05) is 0 Å². The molecular weight excluding hydrogens is 635 g/mol. The Bertz CT molecular complexity index is 1490. The van der Waals surface area contributed by atoms with E-state index >= 15 is 0 Å². The number of halogens is 2. The first-order valence-electron chi connectivity index (χ1n) is 14.3. The van der Waals surface area contributed by atoms with Crippen LogP contribution in [0.5, 0.6) is 0 Å². The standard InChI is InChI=1S/2C15H19.C7H8Si.2ClH.Zr/c2*1-9(2)13-7-6-10(3)14-8-11(4)12(5)15(13)14;1-8-7-5-3-2-4-6-7;;;/h2*6-9H,1-5H3;2-6H,1H3;2*1H;/q2*-1;;;;+2/p-2. The van der Waals surface area contributed by atoms with Crippen LogP contribution in [0.3, 0.4) is 0 Å². The molecule has 4 heteroatoms. The van der Waals surface area contributed by atoms with Crippen LogP contribution in [0.2, 0.25) is 6.55 Å². The van der Waals surface area contributed by atoms with E-state index in [1.165, 1.54) is 66.1 Å². The van der Waals surface area contributed by atoms with Gasteiger partial charge in [-0.15, -0.1) is 68.1 Å². The molecule has 0 heterocycles. The normalized spacial score (nSPS) is 10.5. The first kappa shape index (κ1) is 37.6. The molecule has 0 fully saturated rings. The molecule has 0 radical (unpaired) electrons. The third-order valence-corrected chi connectivity index (χ3v) is 11.4. The number of rotatable bonds is 3. The van der Waals surface area contributed by atoms with Crippen molar-refractivity contribution in [3.8, 4) is 0 Å². The van der Waals surface area contributed by atoms with Gasteiger partial charge in [0.15, 0.2) is 0 Å². The number of benzene rings is 3. The number of aryl methyl sites for hydroxylation is 6. The van der Waals surface area contributed by atoms with Crippen molar-refractivity contribution in [2.45, 2.75) is 87.6 Å². The third-order valence-electron chi connectivity index (χ3n) is 8.10. The molecule has 0 atom stereocenters. The van der Waals surface area contributed by atoms with E-state index in [0.29, 0.717) is 11.8 Å². The van der Waals surface area contributed by atoms with E-state index in [-0.39, 0.29) is 30.2 Å². The Labute approximate surface area is 277 Å². The van der Waals surface area contributed by atoms with E-state index in [1.54, 1.807) is 28.5 Å². The van der Waals surface area contributed by atoms with Crippen molar-refractivity contribution in [1.29, 1.82) is 0 Å². The van der Waals surface area contributed by atoms with Crippen LogP contribution >= 0.6 is 0 Å². The molecule has 0 aliphatic heterocycles. The summed E-state index contributed by atoms with van der Waals surface area (Å²) in [5, 5.41) is 7.41. The summed E-state index contributed by atoms with van der Waals surface area (Å²) in [4.78, 5) is 0. The molecule has 5 aromatic rings. The molecule has 5 rings (SSSR count). The molecule has 0 saturated carbocycles. The second-order valence-electron chi connectivity index (χ2n) is 11.7. The van der Waals surface area contributed by atoms with E-state index in [2.05, 4.69) is 143 Å². The monoisotopic (exact) mass is 678 g/mol. The van der Waals surface area contributed by atoms with Crippen LogP contribution in [0, 0.1) is 41.5 Å². The fourth-order valence-corrected chi connectivity index (χ4v) is 7.31. The quantitative estimate of drug-likeness (QED) is 0.197.